The topological polar surface area (TPSA) is 82.5 Å². The summed E-state index contributed by atoms with van der Waals surface area (Å²) in [7, 11) is 3.05. The largest absolute Gasteiger partial charge is 0.497 e. The third kappa shape index (κ3) is 4.71. The van der Waals surface area contributed by atoms with Crippen LogP contribution in [-0.2, 0) is 4.79 Å². The van der Waals surface area contributed by atoms with E-state index in [1.807, 2.05) is 0 Å². The van der Waals surface area contributed by atoms with Crippen LogP contribution in [0.2, 0.25) is 0 Å². The van der Waals surface area contributed by atoms with Crippen LogP contribution in [0.1, 0.15) is 5.56 Å². The number of halogens is 1. The number of aromatic nitrogens is 2. The Morgan fingerprint density at radius 2 is 2.00 bits per heavy atom. The summed E-state index contributed by atoms with van der Waals surface area (Å²) in [5.74, 6) is 0.370. The number of amides is 1. The van der Waals surface area contributed by atoms with Gasteiger partial charge in [0.1, 0.15) is 22.0 Å². The second kappa shape index (κ2) is 9.63. The molecule has 33 heavy (non-hydrogen) atoms. The fourth-order valence-corrected chi connectivity index (χ4v) is 4.85. The fraction of sp³-hybridized carbons (Fsp3) is 0.174. The second-order valence-corrected chi connectivity index (χ2v) is 8.86. The predicted molar refractivity (Wildman–Crippen MR) is 129 cm³/mol. The van der Waals surface area contributed by atoms with E-state index >= 15 is 0 Å². The summed E-state index contributed by atoms with van der Waals surface area (Å²) in [5, 5.41) is 4.94. The van der Waals surface area contributed by atoms with Crippen molar-refractivity contribution in [3.05, 3.63) is 69.6 Å². The van der Waals surface area contributed by atoms with Gasteiger partial charge in [-0.15, -0.1) is 11.3 Å². The molecule has 4 aromatic rings. The molecule has 0 atom stereocenters. The normalized spacial score (nSPS) is 10.9. The van der Waals surface area contributed by atoms with Crippen molar-refractivity contribution in [2.24, 2.45) is 0 Å². The van der Waals surface area contributed by atoms with Crippen molar-refractivity contribution in [3.63, 3.8) is 0 Å². The molecule has 0 aliphatic carbocycles. The first-order chi connectivity index (χ1) is 15.9. The molecule has 7 nitrogen and oxygen atoms in total. The number of fused-ring (bicyclic) bond motifs is 1. The number of benzene rings is 2. The molecule has 0 aliphatic rings. The van der Waals surface area contributed by atoms with Crippen LogP contribution in [0.4, 0.5) is 10.1 Å². The average molecular weight is 486 g/mol. The monoisotopic (exact) mass is 485 g/mol. The van der Waals surface area contributed by atoms with Gasteiger partial charge in [0.2, 0.25) is 5.91 Å². The molecule has 0 spiro atoms. The SMILES string of the molecule is COc1ccc(NC(=O)CSc2nc3ccsc3c(=O)n2-c2ccc(F)cc2C)c(OC)c1. The van der Waals surface area contributed by atoms with Gasteiger partial charge in [0.15, 0.2) is 5.16 Å². The van der Waals surface area contributed by atoms with Gasteiger partial charge in [-0.3, -0.25) is 14.2 Å². The van der Waals surface area contributed by atoms with Crippen molar-refractivity contribution in [2.75, 3.05) is 25.3 Å². The molecule has 2 heterocycles. The standard InChI is InChI=1S/C23H20FN3O4S2/c1-13-10-14(24)4-7-18(13)27-22(29)21-17(8-9-32-21)26-23(27)33-12-20(28)25-16-6-5-15(30-2)11-19(16)31-3/h4-11H,12H2,1-3H3,(H,25,28). The summed E-state index contributed by atoms with van der Waals surface area (Å²) in [5.41, 5.74) is 1.90. The number of anilines is 1. The molecule has 0 saturated heterocycles. The highest BCUT2D eigenvalue weighted by Crippen LogP contribution is 2.30. The van der Waals surface area contributed by atoms with Crippen molar-refractivity contribution < 1.29 is 18.7 Å². The number of aryl methyl sites for hydroxylation is 1. The number of thiophene rings is 1. The van der Waals surface area contributed by atoms with E-state index in [9.17, 15) is 14.0 Å². The number of methoxy groups -OCH3 is 2. The van der Waals surface area contributed by atoms with Crippen molar-refractivity contribution in [1.29, 1.82) is 0 Å². The van der Waals surface area contributed by atoms with Crippen LogP contribution < -0.4 is 20.3 Å². The van der Waals surface area contributed by atoms with Gasteiger partial charge in [-0.1, -0.05) is 11.8 Å². The van der Waals surface area contributed by atoms with Gasteiger partial charge in [-0.25, -0.2) is 9.37 Å². The van der Waals surface area contributed by atoms with E-state index in [0.717, 1.165) is 11.8 Å². The lowest BCUT2D eigenvalue weighted by atomic mass is 10.2. The molecule has 4 rings (SSSR count). The van der Waals surface area contributed by atoms with E-state index in [1.54, 1.807) is 49.7 Å². The Kier molecular flexibility index (Phi) is 6.66. The van der Waals surface area contributed by atoms with E-state index in [0.29, 0.717) is 43.8 Å². The maximum Gasteiger partial charge on any atom is 0.276 e. The average Bonchev–Trinajstić information content (AvgIpc) is 3.28. The third-order valence-electron chi connectivity index (χ3n) is 4.86. The minimum absolute atomic E-state index is 0.00247. The molecule has 1 amide bonds. The number of carbonyl (C=O) groups excluding carboxylic acids is 1. The summed E-state index contributed by atoms with van der Waals surface area (Å²) in [6.45, 7) is 1.72. The maximum absolute atomic E-state index is 13.7. The van der Waals surface area contributed by atoms with E-state index in [-0.39, 0.29) is 17.2 Å². The van der Waals surface area contributed by atoms with Gasteiger partial charge in [0, 0.05) is 6.07 Å². The first kappa shape index (κ1) is 22.8. The Hall–Kier alpha value is -3.37. The Bertz CT molecular complexity index is 1400. The highest BCUT2D eigenvalue weighted by Gasteiger charge is 2.18. The molecular weight excluding hydrogens is 465 g/mol. The van der Waals surface area contributed by atoms with Crippen LogP contribution in [0.5, 0.6) is 11.5 Å². The van der Waals surface area contributed by atoms with E-state index < -0.39 is 5.82 Å². The van der Waals surface area contributed by atoms with Gasteiger partial charge in [-0.05, 0) is 54.3 Å². The zero-order chi connectivity index (χ0) is 23.5. The zero-order valence-corrected chi connectivity index (χ0v) is 19.7. The number of ether oxygens (including phenoxy) is 2. The molecule has 0 fully saturated rings. The van der Waals surface area contributed by atoms with Crippen LogP contribution in [0.15, 0.2) is 57.8 Å². The molecule has 0 radical (unpaired) electrons. The van der Waals surface area contributed by atoms with Crippen LogP contribution in [0.25, 0.3) is 15.9 Å². The highest BCUT2D eigenvalue weighted by atomic mass is 32.2. The molecule has 0 unspecified atom stereocenters. The summed E-state index contributed by atoms with van der Waals surface area (Å²) in [4.78, 5) is 30.5. The molecule has 0 bridgehead atoms. The summed E-state index contributed by atoms with van der Waals surface area (Å²) >= 11 is 2.41. The quantitative estimate of drug-likeness (QED) is 0.303. The smallest absolute Gasteiger partial charge is 0.276 e. The summed E-state index contributed by atoms with van der Waals surface area (Å²) < 4.78 is 26.1. The number of nitrogens with zero attached hydrogens (tertiary/aromatic N) is 2. The molecule has 10 heteroatoms. The number of nitrogens with one attached hydrogen (secondary N) is 1. The van der Waals surface area contributed by atoms with Crippen LogP contribution in [0, 0.1) is 12.7 Å². The van der Waals surface area contributed by atoms with Crippen molar-refractivity contribution in [3.8, 4) is 17.2 Å². The van der Waals surface area contributed by atoms with Gasteiger partial charge in [-0.2, -0.15) is 0 Å². The molecule has 2 aromatic carbocycles. The van der Waals surface area contributed by atoms with Crippen LogP contribution >= 0.6 is 23.1 Å². The molecule has 1 N–H and O–H groups in total. The lowest BCUT2D eigenvalue weighted by Gasteiger charge is -2.15. The zero-order valence-electron chi connectivity index (χ0n) is 18.0. The third-order valence-corrected chi connectivity index (χ3v) is 6.69. The number of thioether (sulfide) groups is 1. The predicted octanol–water partition coefficient (Wildman–Crippen LogP) is 4.64. The number of hydrogen-bond acceptors (Lipinski definition) is 7. The van der Waals surface area contributed by atoms with Crippen molar-refractivity contribution in [2.45, 2.75) is 12.1 Å². The molecule has 0 aliphatic heterocycles. The lowest BCUT2D eigenvalue weighted by molar-refractivity contribution is -0.113. The second-order valence-electron chi connectivity index (χ2n) is 7.00. The Morgan fingerprint density at radius 3 is 2.73 bits per heavy atom. The lowest BCUT2D eigenvalue weighted by Crippen LogP contribution is -2.23. The first-order valence-electron chi connectivity index (χ1n) is 9.82. The molecule has 2 aromatic heterocycles. The number of hydrogen-bond donors (Lipinski definition) is 1. The first-order valence-corrected chi connectivity index (χ1v) is 11.7. The maximum atomic E-state index is 13.7. The van der Waals surface area contributed by atoms with Crippen LogP contribution in [-0.4, -0.2) is 35.4 Å². The van der Waals surface area contributed by atoms with Crippen LogP contribution in [0.3, 0.4) is 0 Å². The number of carbonyl (C=O) groups is 1. The van der Waals surface area contributed by atoms with Gasteiger partial charge in [0.05, 0.1) is 36.9 Å². The minimum atomic E-state index is -0.392. The molecule has 0 saturated carbocycles. The van der Waals surface area contributed by atoms with Gasteiger partial charge >= 0.3 is 0 Å². The Morgan fingerprint density at radius 1 is 1.18 bits per heavy atom. The number of rotatable bonds is 7. The van der Waals surface area contributed by atoms with E-state index in [4.69, 9.17) is 9.47 Å². The van der Waals surface area contributed by atoms with E-state index in [1.165, 1.54) is 35.1 Å². The van der Waals surface area contributed by atoms with Gasteiger partial charge < -0.3 is 14.8 Å². The Labute approximate surface area is 197 Å². The molecular formula is C23H20FN3O4S2. The summed E-state index contributed by atoms with van der Waals surface area (Å²) in [6.07, 6.45) is 0. The fourth-order valence-electron chi connectivity index (χ4n) is 3.29. The van der Waals surface area contributed by atoms with Crippen molar-refractivity contribution >= 4 is 44.9 Å². The molecule has 170 valence electrons. The van der Waals surface area contributed by atoms with E-state index in [2.05, 4.69) is 10.3 Å². The highest BCUT2D eigenvalue weighted by molar-refractivity contribution is 7.99. The Balaban J connectivity index is 1.64. The minimum Gasteiger partial charge on any atom is -0.497 e. The van der Waals surface area contributed by atoms with Crippen molar-refractivity contribution in [1.82, 2.24) is 9.55 Å². The summed E-state index contributed by atoms with van der Waals surface area (Å²) in [6, 6.07) is 11.0. The van der Waals surface area contributed by atoms with Gasteiger partial charge in [0.25, 0.3) is 5.56 Å².